The van der Waals surface area contributed by atoms with Gasteiger partial charge in [0.1, 0.15) is 23.5 Å². The Morgan fingerprint density at radius 3 is 3.05 bits per heavy atom. The van der Waals surface area contributed by atoms with Crippen LogP contribution in [0.3, 0.4) is 0 Å². The summed E-state index contributed by atoms with van der Waals surface area (Å²) < 4.78 is 5.40. The number of ether oxygens (including phenoxy) is 1. The summed E-state index contributed by atoms with van der Waals surface area (Å²) in [5, 5.41) is 16.3. The summed E-state index contributed by atoms with van der Waals surface area (Å²) in [7, 11) is 0. The lowest BCUT2D eigenvalue weighted by atomic mass is 10.2. The highest BCUT2D eigenvalue weighted by Crippen LogP contribution is 2.31. The van der Waals surface area contributed by atoms with Crippen molar-refractivity contribution in [2.75, 3.05) is 19.7 Å². The average molecular weight is 333 g/mol. The number of rotatable bonds is 6. The highest BCUT2D eigenvalue weighted by molar-refractivity contribution is 6.42. The molecule has 1 aliphatic rings. The van der Waals surface area contributed by atoms with Crippen LogP contribution in [-0.2, 0) is 4.79 Å². The van der Waals surface area contributed by atoms with Crippen LogP contribution in [0.25, 0.3) is 0 Å². The molecule has 1 aromatic rings. The first-order valence-electron chi connectivity index (χ1n) is 6.84. The fourth-order valence-corrected chi connectivity index (χ4v) is 2.44. The molecule has 1 fully saturated rings. The van der Waals surface area contributed by atoms with Gasteiger partial charge in [0.15, 0.2) is 0 Å². The van der Waals surface area contributed by atoms with Gasteiger partial charge in [0, 0.05) is 6.54 Å². The lowest BCUT2D eigenvalue weighted by Crippen LogP contribution is -2.44. The zero-order chi connectivity index (χ0) is 15.2. The summed E-state index contributed by atoms with van der Waals surface area (Å²) in [5.74, 6) is 0.319. The van der Waals surface area contributed by atoms with Crippen molar-refractivity contribution in [1.29, 1.82) is 0 Å². The van der Waals surface area contributed by atoms with Gasteiger partial charge in [0.2, 0.25) is 5.91 Å². The van der Waals surface area contributed by atoms with Gasteiger partial charge in [-0.3, -0.25) is 4.79 Å². The predicted molar refractivity (Wildman–Crippen MR) is 82.0 cm³/mol. The minimum Gasteiger partial charge on any atom is -0.489 e. The van der Waals surface area contributed by atoms with Crippen LogP contribution in [0.5, 0.6) is 5.75 Å². The molecule has 21 heavy (non-hydrogen) atoms. The van der Waals surface area contributed by atoms with E-state index in [2.05, 4.69) is 10.6 Å². The van der Waals surface area contributed by atoms with E-state index in [1.54, 1.807) is 18.2 Å². The molecular weight excluding hydrogens is 315 g/mol. The van der Waals surface area contributed by atoms with E-state index < -0.39 is 6.10 Å². The number of hydrogen-bond donors (Lipinski definition) is 3. The largest absolute Gasteiger partial charge is 0.489 e. The summed E-state index contributed by atoms with van der Waals surface area (Å²) in [4.78, 5) is 11.8. The number of hydrogen-bond acceptors (Lipinski definition) is 4. The van der Waals surface area contributed by atoms with Crippen molar-refractivity contribution >= 4 is 29.1 Å². The maximum absolute atomic E-state index is 11.8. The molecule has 5 nitrogen and oxygen atoms in total. The van der Waals surface area contributed by atoms with Crippen LogP contribution in [0.4, 0.5) is 0 Å². The number of aliphatic hydroxyl groups excluding tert-OH is 1. The van der Waals surface area contributed by atoms with Crippen LogP contribution in [0.1, 0.15) is 12.8 Å². The molecule has 1 amide bonds. The second-order valence-corrected chi connectivity index (χ2v) is 5.70. The molecule has 2 unspecified atom stereocenters. The van der Waals surface area contributed by atoms with E-state index in [1.165, 1.54) is 0 Å². The molecule has 0 bridgehead atoms. The molecule has 0 aromatic heterocycles. The number of carbonyl (C=O) groups is 1. The lowest BCUT2D eigenvalue weighted by molar-refractivity contribution is -0.123. The van der Waals surface area contributed by atoms with Crippen LogP contribution in [0.2, 0.25) is 10.0 Å². The Kier molecular flexibility index (Phi) is 6.11. The molecule has 1 aromatic carbocycles. The summed E-state index contributed by atoms with van der Waals surface area (Å²) in [5.41, 5.74) is 0. The second kappa shape index (κ2) is 7.84. The number of nitrogens with one attached hydrogen (secondary N) is 2. The minimum absolute atomic E-state index is 0.0262. The molecule has 3 N–H and O–H groups in total. The third kappa shape index (κ3) is 4.74. The standard InChI is InChI=1S/C14H18Cl2N2O3/c15-10-3-1-5-12(13(10)16)21-8-9(19)7-18-14(20)11-4-2-6-17-11/h1,3,5,9,11,17,19H,2,4,6-8H2,(H,18,20). The van der Waals surface area contributed by atoms with Gasteiger partial charge in [-0.1, -0.05) is 29.3 Å². The molecule has 0 saturated carbocycles. The van der Waals surface area contributed by atoms with Gasteiger partial charge in [-0.05, 0) is 31.5 Å². The molecule has 0 radical (unpaired) electrons. The topological polar surface area (TPSA) is 70.6 Å². The van der Waals surface area contributed by atoms with Crippen LogP contribution >= 0.6 is 23.2 Å². The molecule has 2 rings (SSSR count). The van der Waals surface area contributed by atoms with E-state index in [9.17, 15) is 9.90 Å². The Morgan fingerprint density at radius 1 is 1.52 bits per heavy atom. The van der Waals surface area contributed by atoms with Gasteiger partial charge in [0.05, 0.1) is 11.1 Å². The van der Waals surface area contributed by atoms with Crippen molar-refractivity contribution in [3.05, 3.63) is 28.2 Å². The molecule has 2 atom stereocenters. The van der Waals surface area contributed by atoms with Crippen LogP contribution in [-0.4, -0.2) is 42.9 Å². The molecule has 7 heteroatoms. The number of aliphatic hydroxyl groups is 1. The van der Waals surface area contributed by atoms with Crippen molar-refractivity contribution in [2.24, 2.45) is 0 Å². The lowest BCUT2D eigenvalue weighted by Gasteiger charge is -2.16. The first-order valence-corrected chi connectivity index (χ1v) is 7.59. The molecule has 1 heterocycles. The van der Waals surface area contributed by atoms with Crippen LogP contribution in [0, 0.1) is 0 Å². The van der Waals surface area contributed by atoms with Gasteiger partial charge in [-0.2, -0.15) is 0 Å². The van der Waals surface area contributed by atoms with Crippen molar-refractivity contribution in [1.82, 2.24) is 10.6 Å². The van der Waals surface area contributed by atoms with Crippen molar-refractivity contribution in [3.63, 3.8) is 0 Å². The van der Waals surface area contributed by atoms with Gasteiger partial charge in [-0.25, -0.2) is 0 Å². The van der Waals surface area contributed by atoms with Gasteiger partial charge in [0.25, 0.3) is 0 Å². The second-order valence-electron chi connectivity index (χ2n) is 4.91. The Bertz CT molecular complexity index is 493. The normalized spacial score (nSPS) is 19.3. The van der Waals surface area contributed by atoms with E-state index in [0.717, 1.165) is 19.4 Å². The summed E-state index contributed by atoms with van der Waals surface area (Å²) in [6.45, 7) is 1.02. The van der Waals surface area contributed by atoms with Crippen molar-refractivity contribution in [3.8, 4) is 5.75 Å². The predicted octanol–water partition coefficient (Wildman–Crippen LogP) is 1.60. The minimum atomic E-state index is -0.814. The van der Waals surface area contributed by atoms with Crippen molar-refractivity contribution in [2.45, 2.75) is 25.0 Å². The monoisotopic (exact) mass is 332 g/mol. The molecular formula is C14H18Cl2N2O3. The maximum Gasteiger partial charge on any atom is 0.237 e. The quantitative estimate of drug-likeness (QED) is 0.740. The Hall–Kier alpha value is -1.01. The fraction of sp³-hybridized carbons (Fsp3) is 0.500. The number of halogens is 2. The zero-order valence-electron chi connectivity index (χ0n) is 11.4. The van der Waals surface area contributed by atoms with Gasteiger partial charge in [-0.15, -0.1) is 0 Å². The van der Waals surface area contributed by atoms with E-state index in [1.807, 2.05) is 0 Å². The maximum atomic E-state index is 11.8. The van der Waals surface area contributed by atoms with Crippen LogP contribution < -0.4 is 15.4 Å². The number of carbonyl (C=O) groups excluding carboxylic acids is 1. The van der Waals surface area contributed by atoms with Crippen LogP contribution in [0.15, 0.2) is 18.2 Å². The third-order valence-corrected chi connectivity index (χ3v) is 4.04. The molecule has 0 spiro atoms. The molecule has 116 valence electrons. The Labute approximate surface area is 133 Å². The van der Waals surface area contributed by atoms with E-state index in [-0.39, 0.29) is 25.1 Å². The summed E-state index contributed by atoms with van der Waals surface area (Å²) in [6.07, 6.45) is 1.01. The van der Waals surface area contributed by atoms with Crippen molar-refractivity contribution < 1.29 is 14.6 Å². The smallest absolute Gasteiger partial charge is 0.237 e. The molecule has 0 aliphatic carbocycles. The van der Waals surface area contributed by atoms with E-state index in [4.69, 9.17) is 27.9 Å². The fourth-order valence-electron chi connectivity index (χ4n) is 2.09. The summed E-state index contributed by atoms with van der Waals surface area (Å²) >= 11 is 11.8. The zero-order valence-corrected chi connectivity index (χ0v) is 13.0. The average Bonchev–Trinajstić information content (AvgIpc) is 3.00. The highest BCUT2D eigenvalue weighted by Gasteiger charge is 2.22. The Balaban J connectivity index is 1.73. The number of amides is 1. The molecule has 1 aliphatic heterocycles. The first kappa shape index (κ1) is 16.4. The first-order chi connectivity index (χ1) is 10.1. The molecule has 1 saturated heterocycles. The van der Waals surface area contributed by atoms with E-state index >= 15 is 0 Å². The Morgan fingerprint density at radius 2 is 2.33 bits per heavy atom. The van der Waals surface area contributed by atoms with Gasteiger partial charge >= 0.3 is 0 Å². The SMILES string of the molecule is O=C(NCC(O)COc1cccc(Cl)c1Cl)C1CCCN1. The number of benzene rings is 1. The van der Waals surface area contributed by atoms with E-state index in [0.29, 0.717) is 15.8 Å². The highest BCUT2D eigenvalue weighted by atomic mass is 35.5. The van der Waals surface area contributed by atoms with Gasteiger partial charge < -0.3 is 20.5 Å². The third-order valence-electron chi connectivity index (χ3n) is 3.24. The summed E-state index contributed by atoms with van der Waals surface area (Å²) in [6, 6.07) is 4.88.